The van der Waals surface area contributed by atoms with E-state index in [2.05, 4.69) is 40.7 Å². The van der Waals surface area contributed by atoms with Crippen molar-refractivity contribution in [3.8, 4) is 5.75 Å². The first-order valence-electron chi connectivity index (χ1n) is 6.80. The van der Waals surface area contributed by atoms with E-state index in [1.165, 1.54) is 16.2 Å². The van der Waals surface area contributed by atoms with Gasteiger partial charge in [0.05, 0.1) is 12.6 Å². The number of rotatable bonds is 5. The number of hydrogen-bond donors (Lipinski definition) is 1. The lowest BCUT2D eigenvalue weighted by atomic mass is 9.82. The maximum absolute atomic E-state index is 10.1. The molecule has 1 atom stereocenters. The molecule has 0 saturated carbocycles. The van der Waals surface area contributed by atoms with Gasteiger partial charge in [0.2, 0.25) is 0 Å². The second kappa shape index (κ2) is 5.93. The largest absolute Gasteiger partial charge is 0.496 e. The predicted octanol–water partition coefficient (Wildman–Crippen LogP) is 3.89. The molecule has 1 rings (SSSR count). The van der Waals surface area contributed by atoms with Crippen LogP contribution in [-0.2, 0) is 5.54 Å². The second-order valence-electron chi connectivity index (χ2n) is 6.03. The molecule has 1 aromatic carbocycles. The van der Waals surface area contributed by atoms with Crippen molar-refractivity contribution in [3.63, 3.8) is 0 Å². The molecule has 0 aliphatic rings. The molecule has 0 heterocycles. The molecule has 3 heteroatoms. The van der Waals surface area contributed by atoms with Gasteiger partial charge in [0.15, 0.2) is 0 Å². The SMILES string of the molecule is COc1cc(C)c(C)cc1C(C)(CC(C)C)N(C)O. The van der Waals surface area contributed by atoms with Gasteiger partial charge in [-0.05, 0) is 50.3 Å². The van der Waals surface area contributed by atoms with Gasteiger partial charge in [0.25, 0.3) is 0 Å². The third-order valence-electron chi connectivity index (χ3n) is 3.92. The summed E-state index contributed by atoms with van der Waals surface area (Å²) in [6.07, 6.45) is 0.860. The minimum absolute atomic E-state index is 0.446. The third kappa shape index (κ3) is 3.28. The topological polar surface area (TPSA) is 32.7 Å². The van der Waals surface area contributed by atoms with Crippen molar-refractivity contribution >= 4 is 0 Å². The number of hydrogen-bond acceptors (Lipinski definition) is 3. The smallest absolute Gasteiger partial charge is 0.124 e. The minimum Gasteiger partial charge on any atom is -0.496 e. The van der Waals surface area contributed by atoms with Crippen LogP contribution in [0, 0.1) is 19.8 Å². The Hall–Kier alpha value is -1.06. The molecule has 1 unspecified atom stereocenters. The van der Waals surface area contributed by atoms with Gasteiger partial charge < -0.3 is 9.94 Å². The molecule has 0 amide bonds. The van der Waals surface area contributed by atoms with Gasteiger partial charge in [-0.3, -0.25) is 0 Å². The Bertz CT molecular complexity index is 441. The Morgan fingerprint density at radius 1 is 1.26 bits per heavy atom. The summed E-state index contributed by atoms with van der Waals surface area (Å²) in [6, 6.07) is 4.18. The van der Waals surface area contributed by atoms with E-state index in [0.717, 1.165) is 17.7 Å². The van der Waals surface area contributed by atoms with Crippen LogP contribution in [0.15, 0.2) is 12.1 Å². The van der Waals surface area contributed by atoms with Gasteiger partial charge in [-0.1, -0.05) is 19.9 Å². The van der Waals surface area contributed by atoms with Crippen LogP contribution in [0.3, 0.4) is 0 Å². The molecular formula is C16H27NO2. The van der Waals surface area contributed by atoms with E-state index < -0.39 is 5.54 Å². The summed E-state index contributed by atoms with van der Waals surface area (Å²) in [4.78, 5) is 0. The van der Waals surface area contributed by atoms with Crippen LogP contribution in [0.1, 0.15) is 43.9 Å². The fraction of sp³-hybridized carbons (Fsp3) is 0.625. The zero-order chi connectivity index (χ0) is 14.8. The molecule has 3 nitrogen and oxygen atoms in total. The maximum atomic E-state index is 10.1. The molecule has 0 bridgehead atoms. The summed E-state index contributed by atoms with van der Waals surface area (Å²) in [5, 5.41) is 11.4. The van der Waals surface area contributed by atoms with E-state index in [1.807, 2.05) is 6.07 Å². The molecule has 0 radical (unpaired) electrons. The summed E-state index contributed by atoms with van der Waals surface area (Å²) in [5.41, 5.74) is 3.01. The van der Waals surface area contributed by atoms with E-state index in [1.54, 1.807) is 14.2 Å². The predicted molar refractivity (Wildman–Crippen MR) is 78.8 cm³/mol. The summed E-state index contributed by atoms with van der Waals surface area (Å²) in [6.45, 7) is 10.5. The third-order valence-corrected chi connectivity index (χ3v) is 3.92. The zero-order valence-electron chi connectivity index (χ0n) is 13.2. The highest BCUT2D eigenvalue weighted by atomic mass is 16.5. The Morgan fingerprint density at radius 2 is 1.79 bits per heavy atom. The first-order chi connectivity index (χ1) is 8.72. The minimum atomic E-state index is -0.446. The van der Waals surface area contributed by atoms with Gasteiger partial charge >= 0.3 is 0 Å². The number of hydroxylamine groups is 2. The Balaban J connectivity index is 3.41. The number of benzene rings is 1. The molecule has 0 aromatic heterocycles. The van der Waals surface area contributed by atoms with Gasteiger partial charge in [-0.15, -0.1) is 0 Å². The first-order valence-corrected chi connectivity index (χ1v) is 6.80. The highest BCUT2D eigenvalue weighted by Crippen LogP contribution is 2.39. The van der Waals surface area contributed by atoms with Crippen molar-refractivity contribution in [2.45, 2.75) is 46.6 Å². The number of methoxy groups -OCH3 is 1. The first kappa shape index (κ1) is 16.0. The molecule has 0 spiro atoms. The van der Waals surface area contributed by atoms with E-state index in [0.29, 0.717) is 5.92 Å². The van der Waals surface area contributed by atoms with Gasteiger partial charge in [-0.25, -0.2) is 0 Å². The molecule has 0 aliphatic carbocycles. The zero-order valence-corrected chi connectivity index (χ0v) is 13.2. The summed E-state index contributed by atoms with van der Waals surface area (Å²) < 4.78 is 5.52. The molecule has 108 valence electrons. The van der Waals surface area contributed by atoms with Crippen LogP contribution < -0.4 is 4.74 Å². The lowest BCUT2D eigenvalue weighted by molar-refractivity contribution is -0.157. The van der Waals surface area contributed by atoms with Crippen molar-refractivity contribution in [1.29, 1.82) is 0 Å². The van der Waals surface area contributed by atoms with Crippen LogP contribution in [0.5, 0.6) is 5.75 Å². The van der Waals surface area contributed by atoms with Gasteiger partial charge in [0, 0.05) is 12.6 Å². The van der Waals surface area contributed by atoms with E-state index in [9.17, 15) is 5.21 Å². The number of aryl methyl sites for hydroxylation is 2. The Morgan fingerprint density at radius 3 is 2.21 bits per heavy atom. The lowest BCUT2D eigenvalue weighted by Crippen LogP contribution is -2.40. The fourth-order valence-electron chi connectivity index (χ4n) is 2.59. The number of nitrogens with zero attached hydrogens (tertiary/aromatic N) is 1. The monoisotopic (exact) mass is 265 g/mol. The van der Waals surface area contributed by atoms with Gasteiger partial charge in [-0.2, -0.15) is 5.06 Å². The molecule has 1 N–H and O–H groups in total. The molecule has 0 saturated heterocycles. The summed E-state index contributed by atoms with van der Waals surface area (Å²) >= 11 is 0. The van der Waals surface area contributed by atoms with Gasteiger partial charge in [0.1, 0.15) is 5.75 Å². The Kier molecular flexibility index (Phi) is 4.99. The second-order valence-corrected chi connectivity index (χ2v) is 6.03. The standard InChI is InChI=1S/C16H27NO2/c1-11(2)10-16(5,17(6)18)14-8-12(3)13(4)9-15(14)19-7/h8-9,11,18H,10H2,1-7H3. The highest BCUT2D eigenvalue weighted by molar-refractivity contribution is 5.45. The van der Waals surface area contributed by atoms with Crippen LogP contribution in [0.2, 0.25) is 0 Å². The average molecular weight is 265 g/mol. The van der Waals surface area contributed by atoms with Crippen LogP contribution >= 0.6 is 0 Å². The van der Waals surface area contributed by atoms with E-state index >= 15 is 0 Å². The average Bonchev–Trinajstić information content (AvgIpc) is 2.30. The van der Waals surface area contributed by atoms with Crippen molar-refractivity contribution in [1.82, 2.24) is 5.06 Å². The van der Waals surface area contributed by atoms with Crippen molar-refractivity contribution in [2.24, 2.45) is 5.92 Å². The van der Waals surface area contributed by atoms with Crippen LogP contribution in [-0.4, -0.2) is 24.4 Å². The normalized spacial score (nSPS) is 14.8. The summed E-state index contributed by atoms with van der Waals surface area (Å²) in [5.74, 6) is 1.32. The highest BCUT2D eigenvalue weighted by Gasteiger charge is 2.34. The van der Waals surface area contributed by atoms with Crippen molar-refractivity contribution < 1.29 is 9.94 Å². The van der Waals surface area contributed by atoms with E-state index in [4.69, 9.17) is 4.74 Å². The lowest BCUT2D eigenvalue weighted by Gasteiger charge is -2.38. The molecule has 0 aliphatic heterocycles. The Labute approximate surface area is 117 Å². The fourth-order valence-corrected chi connectivity index (χ4v) is 2.59. The molecular weight excluding hydrogens is 238 g/mol. The maximum Gasteiger partial charge on any atom is 0.124 e. The van der Waals surface area contributed by atoms with Crippen LogP contribution in [0.4, 0.5) is 0 Å². The molecule has 0 fully saturated rings. The summed E-state index contributed by atoms with van der Waals surface area (Å²) in [7, 11) is 3.39. The quantitative estimate of drug-likeness (QED) is 0.820. The van der Waals surface area contributed by atoms with Crippen LogP contribution in [0.25, 0.3) is 0 Å². The van der Waals surface area contributed by atoms with Crippen molar-refractivity contribution in [2.75, 3.05) is 14.2 Å². The van der Waals surface area contributed by atoms with E-state index in [-0.39, 0.29) is 0 Å². The number of ether oxygens (including phenoxy) is 1. The molecule has 19 heavy (non-hydrogen) atoms. The molecule has 1 aromatic rings. The van der Waals surface area contributed by atoms with Crippen molar-refractivity contribution in [3.05, 3.63) is 28.8 Å².